The molecule has 1 aromatic heterocycles. The number of nitrogens with zero attached hydrogens (tertiary/aromatic N) is 1. The highest BCUT2D eigenvalue weighted by Gasteiger charge is 2.23. The van der Waals surface area contributed by atoms with Crippen molar-refractivity contribution in [3.8, 4) is 0 Å². The monoisotopic (exact) mass is 239 g/mol. The minimum Gasteiger partial charge on any atom is -0.311 e. The summed E-state index contributed by atoms with van der Waals surface area (Å²) in [5.41, 5.74) is 2.35. The fourth-order valence-electron chi connectivity index (χ4n) is 2.65. The Labute approximate surface area is 98.8 Å². The van der Waals surface area contributed by atoms with Crippen LogP contribution in [-0.4, -0.2) is 27.8 Å². The summed E-state index contributed by atoms with van der Waals surface area (Å²) in [6.07, 6.45) is 3.24. The van der Waals surface area contributed by atoms with Gasteiger partial charge >= 0.3 is 0 Å². The number of aromatic nitrogens is 2. The van der Waals surface area contributed by atoms with Gasteiger partial charge in [0.1, 0.15) is 0 Å². The molecule has 0 aromatic carbocycles. The maximum absolute atomic E-state index is 11.8. The van der Waals surface area contributed by atoms with Crippen molar-refractivity contribution >= 4 is 11.8 Å². The van der Waals surface area contributed by atoms with Gasteiger partial charge in [-0.2, -0.15) is 11.8 Å². The summed E-state index contributed by atoms with van der Waals surface area (Å²) in [6, 6.07) is 0.512. The van der Waals surface area contributed by atoms with Crippen molar-refractivity contribution in [3.05, 3.63) is 21.6 Å². The zero-order chi connectivity index (χ0) is 11.0. The van der Waals surface area contributed by atoms with E-state index in [1.54, 1.807) is 0 Å². The maximum atomic E-state index is 11.8. The molecule has 0 bridgehead atoms. The molecule has 2 N–H and O–H groups in total. The predicted molar refractivity (Wildman–Crippen MR) is 66.1 cm³/mol. The molecule has 3 rings (SSSR count). The van der Waals surface area contributed by atoms with Crippen LogP contribution in [0.3, 0.4) is 0 Å². The van der Waals surface area contributed by atoms with Crippen LogP contribution in [-0.2, 0) is 13.0 Å². The Morgan fingerprint density at radius 3 is 2.94 bits per heavy atom. The summed E-state index contributed by atoms with van der Waals surface area (Å²) in [7, 11) is 0. The van der Waals surface area contributed by atoms with Crippen LogP contribution >= 0.6 is 11.8 Å². The molecule has 1 fully saturated rings. The lowest BCUT2D eigenvalue weighted by atomic mass is 10.1. The van der Waals surface area contributed by atoms with E-state index in [0.717, 1.165) is 25.1 Å². The standard InChI is InChI=1S/C11H17N3OS/c15-11-9-1-4-12-7-10(9)14(13-11)8-2-5-16-6-3-8/h8,12H,1-7H2,(H,13,15). The number of nitrogens with one attached hydrogen (secondary N) is 2. The van der Waals surface area contributed by atoms with Crippen LogP contribution in [0.1, 0.15) is 30.1 Å². The van der Waals surface area contributed by atoms with Gasteiger partial charge in [-0.15, -0.1) is 0 Å². The first-order chi connectivity index (χ1) is 7.86. The van der Waals surface area contributed by atoms with Crippen molar-refractivity contribution in [3.63, 3.8) is 0 Å². The molecule has 0 amide bonds. The molecule has 2 aliphatic heterocycles. The van der Waals surface area contributed by atoms with Crippen molar-refractivity contribution in [2.75, 3.05) is 18.1 Å². The molecule has 1 saturated heterocycles. The van der Waals surface area contributed by atoms with E-state index in [1.807, 2.05) is 11.8 Å². The Hall–Kier alpha value is -0.680. The van der Waals surface area contributed by atoms with Gasteiger partial charge in [0.25, 0.3) is 5.56 Å². The molecule has 0 aliphatic carbocycles. The molecule has 0 unspecified atom stereocenters. The lowest BCUT2D eigenvalue weighted by Gasteiger charge is -2.25. The third kappa shape index (κ3) is 1.72. The summed E-state index contributed by atoms with van der Waals surface area (Å²) in [5.74, 6) is 2.43. The van der Waals surface area contributed by atoms with E-state index >= 15 is 0 Å². The Morgan fingerprint density at radius 2 is 2.12 bits per heavy atom. The molecule has 1 aromatic rings. The number of thioether (sulfide) groups is 1. The molecule has 0 atom stereocenters. The van der Waals surface area contributed by atoms with Crippen LogP contribution in [0.4, 0.5) is 0 Å². The van der Waals surface area contributed by atoms with Gasteiger partial charge < -0.3 is 5.32 Å². The topological polar surface area (TPSA) is 49.8 Å². The number of fused-ring (bicyclic) bond motifs is 1. The van der Waals surface area contributed by atoms with Crippen molar-refractivity contribution < 1.29 is 0 Å². The maximum Gasteiger partial charge on any atom is 0.267 e. The summed E-state index contributed by atoms with van der Waals surface area (Å²) in [5, 5.41) is 6.39. The molecular formula is C11H17N3OS. The Bertz CT molecular complexity index is 431. The molecule has 4 nitrogen and oxygen atoms in total. The van der Waals surface area contributed by atoms with Gasteiger partial charge in [0, 0.05) is 12.1 Å². The third-order valence-electron chi connectivity index (χ3n) is 3.54. The number of hydrogen-bond acceptors (Lipinski definition) is 3. The van der Waals surface area contributed by atoms with Gasteiger partial charge in [0.2, 0.25) is 0 Å². The molecule has 88 valence electrons. The third-order valence-corrected chi connectivity index (χ3v) is 4.58. The zero-order valence-corrected chi connectivity index (χ0v) is 10.1. The highest BCUT2D eigenvalue weighted by Crippen LogP contribution is 2.28. The second-order valence-corrected chi connectivity index (χ2v) is 5.73. The number of aromatic amines is 1. The van der Waals surface area contributed by atoms with Crippen molar-refractivity contribution in [2.45, 2.75) is 31.8 Å². The van der Waals surface area contributed by atoms with Crippen LogP contribution in [0.15, 0.2) is 4.79 Å². The van der Waals surface area contributed by atoms with E-state index < -0.39 is 0 Å². The van der Waals surface area contributed by atoms with Crippen LogP contribution in [0.2, 0.25) is 0 Å². The summed E-state index contributed by atoms with van der Waals surface area (Å²) >= 11 is 2.02. The van der Waals surface area contributed by atoms with Crippen LogP contribution < -0.4 is 10.9 Å². The molecular weight excluding hydrogens is 222 g/mol. The highest BCUT2D eigenvalue weighted by atomic mass is 32.2. The largest absolute Gasteiger partial charge is 0.311 e. The summed E-state index contributed by atoms with van der Waals surface area (Å²) < 4.78 is 2.14. The van der Waals surface area contributed by atoms with E-state index in [-0.39, 0.29) is 5.56 Å². The fraction of sp³-hybridized carbons (Fsp3) is 0.727. The van der Waals surface area contributed by atoms with E-state index in [4.69, 9.17) is 0 Å². The van der Waals surface area contributed by atoms with Crippen molar-refractivity contribution in [2.24, 2.45) is 0 Å². The van der Waals surface area contributed by atoms with Gasteiger partial charge in [-0.25, -0.2) is 0 Å². The first-order valence-corrected chi connectivity index (χ1v) is 7.12. The SMILES string of the molecule is O=c1[nH]n(C2CCSCC2)c2c1CCNC2. The smallest absolute Gasteiger partial charge is 0.267 e. The normalized spacial score (nSPS) is 22.0. The molecule has 0 spiro atoms. The van der Waals surface area contributed by atoms with Crippen LogP contribution in [0.25, 0.3) is 0 Å². The lowest BCUT2D eigenvalue weighted by Crippen LogP contribution is -2.28. The van der Waals surface area contributed by atoms with Gasteiger partial charge in [-0.1, -0.05) is 0 Å². The Balaban J connectivity index is 1.97. The molecule has 2 aliphatic rings. The van der Waals surface area contributed by atoms with Crippen molar-refractivity contribution in [1.82, 2.24) is 15.1 Å². The predicted octanol–water partition coefficient (Wildman–Crippen LogP) is 0.890. The molecule has 5 heteroatoms. The summed E-state index contributed by atoms with van der Waals surface area (Å²) in [4.78, 5) is 11.8. The van der Waals surface area contributed by atoms with Gasteiger partial charge in [-0.05, 0) is 37.3 Å². The van der Waals surface area contributed by atoms with Gasteiger partial charge in [0.05, 0.1) is 11.7 Å². The zero-order valence-electron chi connectivity index (χ0n) is 9.29. The fourth-order valence-corrected chi connectivity index (χ4v) is 3.73. The van der Waals surface area contributed by atoms with E-state index in [2.05, 4.69) is 15.1 Å². The minimum absolute atomic E-state index is 0.134. The van der Waals surface area contributed by atoms with Crippen LogP contribution in [0, 0.1) is 0 Å². The van der Waals surface area contributed by atoms with E-state index in [0.29, 0.717) is 6.04 Å². The Kier molecular flexibility index (Phi) is 2.81. The second kappa shape index (κ2) is 4.30. The molecule has 16 heavy (non-hydrogen) atoms. The molecule has 0 saturated carbocycles. The number of H-pyrrole nitrogens is 1. The molecule has 0 radical (unpaired) electrons. The van der Waals surface area contributed by atoms with Crippen LogP contribution in [0.5, 0.6) is 0 Å². The summed E-state index contributed by atoms with van der Waals surface area (Å²) in [6.45, 7) is 1.78. The highest BCUT2D eigenvalue weighted by molar-refractivity contribution is 7.99. The second-order valence-electron chi connectivity index (χ2n) is 4.51. The van der Waals surface area contributed by atoms with Crippen molar-refractivity contribution in [1.29, 1.82) is 0 Å². The average molecular weight is 239 g/mol. The van der Waals surface area contributed by atoms with Gasteiger partial charge in [-0.3, -0.25) is 14.6 Å². The average Bonchev–Trinajstić information content (AvgIpc) is 2.69. The Morgan fingerprint density at radius 1 is 1.31 bits per heavy atom. The van der Waals surface area contributed by atoms with Gasteiger partial charge in [0.15, 0.2) is 0 Å². The first kappa shape index (κ1) is 10.5. The quantitative estimate of drug-likeness (QED) is 0.765. The number of hydrogen-bond donors (Lipinski definition) is 2. The first-order valence-electron chi connectivity index (χ1n) is 5.97. The van der Waals surface area contributed by atoms with E-state index in [1.165, 1.54) is 30.0 Å². The minimum atomic E-state index is 0.134. The molecule has 3 heterocycles. The van der Waals surface area contributed by atoms with E-state index in [9.17, 15) is 4.79 Å². The lowest BCUT2D eigenvalue weighted by molar-refractivity contribution is 0.402. The number of rotatable bonds is 1.